The fraction of sp³-hybridized carbons (Fsp3) is 0.111. The minimum atomic E-state index is -0.974. The van der Waals surface area contributed by atoms with Crippen LogP contribution in [0.25, 0.3) is 11.4 Å². The van der Waals surface area contributed by atoms with Crippen LogP contribution >= 0.6 is 23.2 Å². The number of aromatic nitrogens is 2. The van der Waals surface area contributed by atoms with Crippen molar-refractivity contribution in [3.63, 3.8) is 0 Å². The number of nitro benzene ring substituents is 1. The highest BCUT2D eigenvalue weighted by Gasteiger charge is 2.18. The molecule has 0 saturated carbocycles. The van der Waals surface area contributed by atoms with E-state index < -0.39 is 21.2 Å². The Balaban J connectivity index is 2.44. The largest absolute Gasteiger partial charge is 0.502 e. The highest BCUT2D eigenvalue weighted by molar-refractivity contribution is 6.43. The molecule has 0 atom stereocenters. The van der Waals surface area contributed by atoms with Gasteiger partial charge in [0.05, 0.1) is 4.92 Å². The van der Waals surface area contributed by atoms with E-state index in [1.807, 2.05) is 0 Å². The van der Waals surface area contributed by atoms with E-state index in [2.05, 4.69) is 10.1 Å². The molecule has 0 fully saturated rings. The number of phenolic OH excluding ortho intramolecular Hbond substituents is 1. The predicted octanol–water partition coefficient (Wildman–Crippen LogP) is 2.83. The summed E-state index contributed by atoms with van der Waals surface area (Å²) in [6.07, 6.45) is 0. The second-order valence-corrected chi connectivity index (χ2v) is 4.31. The van der Waals surface area contributed by atoms with Crippen molar-refractivity contribution in [2.24, 2.45) is 0 Å². The molecule has 1 N–H and O–H groups in total. The topological polar surface area (TPSA) is 102 Å². The molecule has 7 nitrogen and oxygen atoms in total. The molecule has 1 heterocycles. The first-order valence-electron chi connectivity index (χ1n) is 4.58. The van der Waals surface area contributed by atoms with E-state index in [9.17, 15) is 15.2 Å². The van der Waals surface area contributed by atoms with Gasteiger partial charge in [0.1, 0.15) is 0 Å². The Kier molecular flexibility index (Phi) is 3.35. The molecule has 2 rings (SSSR count). The summed E-state index contributed by atoms with van der Waals surface area (Å²) in [5.41, 5.74) is -0.143. The molecule has 0 unspecified atom stereocenters. The Morgan fingerprint density at radius 1 is 1.44 bits per heavy atom. The van der Waals surface area contributed by atoms with Crippen LogP contribution in [0.15, 0.2) is 22.7 Å². The van der Waals surface area contributed by atoms with E-state index in [-0.39, 0.29) is 11.7 Å². The van der Waals surface area contributed by atoms with Crippen LogP contribution in [0.4, 0.5) is 5.69 Å². The van der Waals surface area contributed by atoms with Crippen molar-refractivity contribution in [3.8, 4) is 17.1 Å². The zero-order chi connectivity index (χ0) is 13.3. The van der Waals surface area contributed by atoms with Crippen LogP contribution in [0.2, 0.25) is 0 Å². The summed E-state index contributed by atoms with van der Waals surface area (Å²) < 4.78 is 4.75. The Labute approximate surface area is 110 Å². The van der Waals surface area contributed by atoms with Gasteiger partial charge in [-0.2, -0.15) is 4.98 Å². The van der Waals surface area contributed by atoms with E-state index in [1.165, 1.54) is 12.1 Å². The second kappa shape index (κ2) is 4.79. The van der Waals surface area contributed by atoms with Crippen LogP contribution in [-0.2, 0) is 0 Å². The summed E-state index contributed by atoms with van der Waals surface area (Å²) >= 11 is 11.1. The standard InChI is InChI=1S/C9H5Cl2N3O4/c10-7(11)9-12-8(13-18-9)4-1-2-6(15)5(3-4)14(16)17/h1-3,7,15H. The molecule has 0 spiro atoms. The van der Waals surface area contributed by atoms with Gasteiger partial charge in [-0.15, -0.1) is 0 Å². The average Bonchev–Trinajstić information content (AvgIpc) is 2.78. The molecular formula is C9H5Cl2N3O4. The predicted molar refractivity (Wildman–Crippen MR) is 62.5 cm³/mol. The maximum absolute atomic E-state index is 10.7. The number of halogens is 2. The maximum Gasteiger partial charge on any atom is 0.311 e. The molecule has 9 heteroatoms. The first-order chi connectivity index (χ1) is 8.49. The van der Waals surface area contributed by atoms with Crippen LogP contribution in [0, 0.1) is 10.1 Å². The van der Waals surface area contributed by atoms with Crippen molar-refractivity contribution in [1.82, 2.24) is 10.1 Å². The van der Waals surface area contributed by atoms with Crippen molar-refractivity contribution >= 4 is 28.9 Å². The smallest absolute Gasteiger partial charge is 0.311 e. The summed E-state index contributed by atoms with van der Waals surface area (Å²) in [5.74, 6) is -0.358. The zero-order valence-electron chi connectivity index (χ0n) is 8.58. The molecule has 0 saturated heterocycles. The van der Waals surface area contributed by atoms with E-state index in [0.29, 0.717) is 5.56 Å². The van der Waals surface area contributed by atoms with Gasteiger partial charge in [0.2, 0.25) is 5.82 Å². The van der Waals surface area contributed by atoms with Crippen molar-refractivity contribution < 1.29 is 14.6 Å². The van der Waals surface area contributed by atoms with Gasteiger partial charge in [-0.1, -0.05) is 28.4 Å². The Morgan fingerprint density at radius 3 is 2.72 bits per heavy atom. The molecule has 2 aromatic rings. The van der Waals surface area contributed by atoms with Crippen LogP contribution in [0.1, 0.15) is 10.7 Å². The van der Waals surface area contributed by atoms with E-state index >= 15 is 0 Å². The molecule has 18 heavy (non-hydrogen) atoms. The van der Waals surface area contributed by atoms with Gasteiger partial charge in [-0.05, 0) is 12.1 Å². The first-order valence-corrected chi connectivity index (χ1v) is 5.46. The Morgan fingerprint density at radius 2 is 2.17 bits per heavy atom. The van der Waals surface area contributed by atoms with Gasteiger partial charge in [0, 0.05) is 11.6 Å². The molecule has 0 radical (unpaired) electrons. The third-order valence-electron chi connectivity index (χ3n) is 2.06. The van der Waals surface area contributed by atoms with Crippen LogP contribution in [0.3, 0.4) is 0 Å². The second-order valence-electron chi connectivity index (χ2n) is 3.22. The number of hydrogen-bond acceptors (Lipinski definition) is 6. The number of benzene rings is 1. The quantitative estimate of drug-likeness (QED) is 0.529. The number of nitro groups is 1. The molecule has 1 aromatic heterocycles. The van der Waals surface area contributed by atoms with E-state index in [4.69, 9.17) is 27.7 Å². The lowest BCUT2D eigenvalue weighted by atomic mass is 10.2. The third-order valence-corrected chi connectivity index (χ3v) is 2.43. The highest BCUT2D eigenvalue weighted by Crippen LogP contribution is 2.31. The van der Waals surface area contributed by atoms with Crippen LogP contribution < -0.4 is 0 Å². The Bertz CT molecular complexity index is 599. The maximum atomic E-state index is 10.7. The fourth-order valence-corrected chi connectivity index (χ4v) is 1.43. The normalized spacial score (nSPS) is 10.8. The average molecular weight is 290 g/mol. The molecule has 94 valence electrons. The van der Waals surface area contributed by atoms with Crippen molar-refractivity contribution in [2.45, 2.75) is 4.84 Å². The molecule has 0 aliphatic rings. The molecule has 0 aliphatic carbocycles. The molecular weight excluding hydrogens is 285 g/mol. The number of hydrogen-bond donors (Lipinski definition) is 1. The zero-order valence-corrected chi connectivity index (χ0v) is 10.1. The third kappa shape index (κ3) is 2.36. The van der Waals surface area contributed by atoms with Gasteiger partial charge >= 0.3 is 5.69 Å². The SMILES string of the molecule is O=[N+]([O-])c1cc(-c2noc(C(Cl)Cl)n2)ccc1O. The summed E-state index contributed by atoms with van der Waals surface area (Å²) in [4.78, 5) is 12.8. The van der Waals surface area contributed by atoms with Crippen molar-refractivity contribution in [3.05, 3.63) is 34.2 Å². The summed E-state index contributed by atoms with van der Waals surface area (Å²) in [7, 11) is 0. The number of nitrogens with zero attached hydrogens (tertiary/aromatic N) is 3. The first kappa shape index (κ1) is 12.6. The monoisotopic (exact) mass is 289 g/mol. The summed E-state index contributed by atoms with van der Waals surface area (Å²) in [6, 6.07) is 3.71. The van der Waals surface area contributed by atoms with Crippen LogP contribution in [0.5, 0.6) is 5.75 Å². The Hall–Kier alpha value is -1.86. The van der Waals surface area contributed by atoms with Gasteiger partial charge in [0.25, 0.3) is 5.89 Å². The molecule has 1 aromatic carbocycles. The molecule has 0 amide bonds. The number of rotatable bonds is 3. The highest BCUT2D eigenvalue weighted by atomic mass is 35.5. The van der Waals surface area contributed by atoms with Gasteiger partial charge < -0.3 is 9.63 Å². The van der Waals surface area contributed by atoms with Crippen molar-refractivity contribution in [1.29, 1.82) is 0 Å². The van der Waals surface area contributed by atoms with Gasteiger partial charge in [-0.25, -0.2) is 0 Å². The molecule has 0 aliphatic heterocycles. The summed E-state index contributed by atoms with van der Waals surface area (Å²) in [6.45, 7) is 0. The lowest BCUT2D eigenvalue weighted by Gasteiger charge is -1.97. The van der Waals surface area contributed by atoms with Crippen molar-refractivity contribution in [2.75, 3.05) is 0 Å². The van der Waals surface area contributed by atoms with E-state index in [0.717, 1.165) is 6.07 Å². The number of alkyl halides is 2. The minimum absolute atomic E-state index is 0.0101. The summed E-state index contributed by atoms with van der Waals surface area (Å²) in [5, 5.41) is 23.5. The molecule has 0 bridgehead atoms. The van der Waals surface area contributed by atoms with Crippen LogP contribution in [-0.4, -0.2) is 20.2 Å². The lowest BCUT2D eigenvalue weighted by Crippen LogP contribution is -1.90. The minimum Gasteiger partial charge on any atom is -0.502 e. The fourth-order valence-electron chi connectivity index (χ4n) is 1.25. The number of aromatic hydroxyl groups is 1. The number of phenols is 1. The van der Waals surface area contributed by atoms with Gasteiger partial charge in [-0.3, -0.25) is 10.1 Å². The lowest BCUT2D eigenvalue weighted by molar-refractivity contribution is -0.385. The van der Waals surface area contributed by atoms with Gasteiger partial charge in [0.15, 0.2) is 10.6 Å². The van der Waals surface area contributed by atoms with E-state index in [1.54, 1.807) is 0 Å².